The number of hydrogen-bond donors (Lipinski definition) is 1. The monoisotopic (exact) mass is 361 g/mol. The Balaban J connectivity index is 1.45. The number of unbranched alkanes of at least 4 members (excludes halogenated alkanes) is 3. The Morgan fingerprint density at radius 1 is 0.846 bits per heavy atom. The van der Waals surface area contributed by atoms with Gasteiger partial charge in [-0.3, -0.25) is 4.79 Å². The lowest BCUT2D eigenvalue weighted by Crippen LogP contribution is -2.30. The average molecular weight is 362 g/mol. The summed E-state index contributed by atoms with van der Waals surface area (Å²) in [5, 5.41) is 3.01. The average Bonchev–Trinajstić information content (AvgIpc) is 3.02. The molecule has 150 valence electrons. The highest BCUT2D eigenvalue weighted by atomic mass is 16.1. The molecule has 0 radical (unpaired) electrons. The van der Waals surface area contributed by atoms with Crippen LogP contribution < -0.4 is 5.32 Å². The van der Waals surface area contributed by atoms with Gasteiger partial charge >= 0.3 is 0 Å². The van der Waals surface area contributed by atoms with Gasteiger partial charge in [-0.05, 0) is 61.7 Å². The maximum absolute atomic E-state index is 11.1. The van der Waals surface area contributed by atoms with Crippen molar-refractivity contribution >= 4 is 5.91 Å². The zero-order valence-corrected chi connectivity index (χ0v) is 17.8. The number of carbonyl (C=O) groups excluding carboxylic acids is 1. The number of nitrogens with one attached hydrogen (secondary N) is 1. The molecule has 0 aliphatic heterocycles. The molecule has 0 bridgehead atoms. The van der Waals surface area contributed by atoms with Gasteiger partial charge in [0.2, 0.25) is 5.91 Å². The molecule has 0 saturated heterocycles. The van der Waals surface area contributed by atoms with E-state index >= 15 is 0 Å². The van der Waals surface area contributed by atoms with Gasteiger partial charge in [0.15, 0.2) is 0 Å². The molecule has 1 amide bonds. The molecule has 3 fully saturated rings. The van der Waals surface area contributed by atoms with Crippen molar-refractivity contribution in [1.82, 2.24) is 5.32 Å². The molecular weight excluding hydrogens is 318 g/mol. The van der Waals surface area contributed by atoms with E-state index in [0.717, 1.165) is 17.3 Å². The van der Waals surface area contributed by atoms with E-state index in [4.69, 9.17) is 0 Å². The molecule has 0 unspecified atom stereocenters. The lowest BCUT2D eigenvalue weighted by atomic mass is 9.73. The quantitative estimate of drug-likeness (QED) is 0.475. The lowest BCUT2D eigenvalue weighted by molar-refractivity contribution is -0.119. The number of fused-ring (bicyclic) bond motifs is 1. The van der Waals surface area contributed by atoms with Crippen LogP contribution in [0, 0.1) is 16.2 Å². The summed E-state index contributed by atoms with van der Waals surface area (Å²) in [6.07, 6.45) is 23.1. The fourth-order valence-corrected chi connectivity index (χ4v) is 7.69. The first kappa shape index (κ1) is 20.2. The molecule has 1 atom stereocenters. The maximum atomic E-state index is 11.1. The topological polar surface area (TPSA) is 29.1 Å². The van der Waals surface area contributed by atoms with Crippen molar-refractivity contribution in [2.45, 2.75) is 130 Å². The van der Waals surface area contributed by atoms with Crippen molar-refractivity contribution in [1.29, 1.82) is 0 Å². The molecule has 0 aromatic heterocycles. The fourth-order valence-electron chi connectivity index (χ4n) is 7.69. The molecule has 2 heteroatoms. The van der Waals surface area contributed by atoms with Crippen molar-refractivity contribution < 1.29 is 4.79 Å². The Morgan fingerprint density at radius 3 is 1.85 bits per heavy atom. The largest absolute Gasteiger partial charge is 0.354 e. The predicted molar refractivity (Wildman–Crippen MR) is 110 cm³/mol. The molecule has 0 heterocycles. The minimum atomic E-state index is 0.106. The maximum Gasteiger partial charge on any atom is 0.217 e. The number of rotatable bonds is 8. The Bertz CT molecular complexity index is 447. The van der Waals surface area contributed by atoms with Crippen molar-refractivity contribution in [3.05, 3.63) is 0 Å². The smallest absolute Gasteiger partial charge is 0.217 e. The normalized spacial score (nSPS) is 30.3. The van der Waals surface area contributed by atoms with Crippen LogP contribution >= 0.6 is 0 Å². The van der Waals surface area contributed by atoms with E-state index in [2.05, 4.69) is 19.2 Å². The van der Waals surface area contributed by atoms with Gasteiger partial charge in [-0.25, -0.2) is 0 Å². The first-order valence-corrected chi connectivity index (χ1v) is 11.7. The summed E-state index contributed by atoms with van der Waals surface area (Å²) in [5.74, 6) is 0.106. The first-order valence-electron chi connectivity index (χ1n) is 11.7. The summed E-state index contributed by atoms with van der Waals surface area (Å²) in [5.41, 5.74) is 2.13. The van der Waals surface area contributed by atoms with E-state index in [1.165, 1.54) is 96.3 Å². The minimum absolute atomic E-state index is 0.106. The van der Waals surface area contributed by atoms with E-state index in [-0.39, 0.29) is 5.91 Å². The van der Waals surface area contributed by atoms with Gasteiger partial charge in [-0.2, -0.15) is 0 Å². The minimum Gasteiger partial charge on any atom is -0.354 e. The zero-order chi connectivity index (χ0) is 18.7. The van der Waals surface area contributed by atoms with Crippen molar-refractivity contribution in [2.24, 2.45) is 16.2 Å². The van der Waals surface area contributed by atoms with E-state index in [9.17, 15) is 4.79 Å². The van der Waals surface area contributed by atoms with Crippen molar-refractivity contribution in [2.75, 3.05) is 0 Å². The molecule has 2 spiro atoms. The summed E-state index contributed by atoms with van der Waals surface area (Å²) in [7, 11) is 0. The van der Waals surface area contributed by atoms with Crippen LogP contribution in [0.15, 0.2) is 0 Å². The molecule has 3 saturated carbocycles. The number of hydrogen-bond acceptors (Lipinski definition) is 1. The summed E-state index contributed by atoms with van der Waals surface area (Å²) in [4.78, 5) is 11.1. The van der Waals surface area contributed by atoms with Crippen LogP contribution in [-0.4, -0.2) is 11.9 Å². The van der Waals surface area contributed by atoms with Crippen LogP contribution in [0.5, 0.6) is 0 Å². The van der Waals surface area contributed by atoms with Crippen LogP contribution in [0.25, 0.3) is 0 Å². The number of carbonyl (C=O) groups is 1. The third-order valence-electron chi connectivity index (χ3n) is 8.89. The van der Waals surface area contributed by atoms with Gasteiger partial charge < -0.3 is 5.32 Å². The highest BCUT2D eigenvalue weighted by Gasteiger charge is 2.80. The molecule has 3 aliphatic carbocycles. The van der Waals surface area contributed by atoms with Crippen LogP contribution in [0.4, 0.5) is 0 Å². The Morgan fingerprint density at radius 2 is 1.35 bits per heavy atom. The van der Waals surface area contributed by atoms with Crippen LogP contribution in [0.3, 0.4) is 0 Å². The van der Waals surface area contributed by atoms with E-state index in [1.54, 1.807) is 6.92 Å². The van der Waals surface area contributed by atoms with E-state index in [1.807, 2.05) is 0 Å². The molecule has 3 rings (SSSR count). The zero-order valence-electron chi connectivity index (χ0n) is 17.8. The molecule has 2 nitrogen and oxygen atoms in total. The predicted octanol–water partition coefficient (Wildman–Crippen LogP) is 6.77. The van der Waals surface area contributed by atoms with Gasteiger partial charge in [0.1, 0.15) is 0 Å². The van der Waals surface area contributed by atoms with Gasteiger partial charge in [0.25, 0.3) is 0 Å². The fraction of sp³-hybridized carbons (Fsp3) is 0.958. The van der Waals surface area contributed by atoms with Crippen LogP contribution in [0.2, 0.25) is 0 Å². The highest BCUT2D eigenvalue weighted by Crippen LogP contribution is 2.88. The second-order valence-electron chi connectivity index (χ2n) is 10.2. The van der Waals surface area contributed by atoms with E-state index in [0.29, 0.717) is 11.5 Å². The third kappa shape index (κ3) is 3.47. The highest BCUT2D eigenvalue weighted by molar-refractivity contribution is 5.73. The lowest BCUT2D eigenvalue weighted by Gasteiger charge is -2.31. The second kappa shape index (κ2) is 8.23. The van der Waals surface area contributed by atoms with Crippen molar-refractivity contribution in [3.63, 3.8) is 0 Å². The SMILES string of the molecule is CC(=O)N[C@@H](C)CCCCCCC1(C)C2(CCCCC2)C12CCCCC2. The van der Waals surface area contributed by atoms with Gasteiger partial charge in [-0.15, -0.1) is 0 Å². The second-order valence-corrected chi connectivity index (χ2v) is 10.2. The van der Waals surface area contributed by atoms with Crippen molar-refractivity contribution in [3.8, 4) is 0 Å². The Hall–Kier alpha value is -0.530. The molecule has 1 N–H and O–H groups in total. The molecule has 0 aromatic carbocycles. The molecular formula is C24H43NO. The summed E-state index contributed by atoms with van der Waals surface area (Å²) in [6.45, 7) is 6.45. The van der Waals surface area contributed by atoms with Gasteiger partial charge in [0, 0.05) is 13.0 Å². The third-order valence-corrected chi connectivity index (χ3v) is 8.89. The summed E-state index contributed by atoms with van der Waals surface area (Å²) in [6, 6.07) is 0.337. The molecule has 0 aromatic rings. The molecule has 3 aliphatic rings. The Labute approximate surface area is 162 Å². The summed E-state index contributed by atoms with van der Waals surface area (Å²) < 4.78 is 0. The van der Waals surface area contributed by atoms with Gasteiger partial charge in [0.05, 0.1) is 0 Å². The van der Waals surface area contributed by atoms with Gasteiger partial charge in [-0.1, -0.05) is 71.1 Å². The molecule has 26 heavy (non-hydrogen) atoms. The van der Waals surface area contributed by atoms with Crippen LogP contribution in [-0.2, 0) is 4.79 Å². The van der Waals surface area contributed by atoms with E-state index < -0.39 is 0 Å². The van der Waals surface area contributed by atoms with Crippen LogP contribution in [0.1, 0.15) is 124 Å². The standard InChI is InChI=1S/C24H43NO/c1-20(25-21(2)26)14-8-4-5-9-15-22(3)23(16-10-6-11-17-23)24(22)18-12-7-13-19-24/h20H,4-19H2,1-3H3,(H,25,26)/t20-/m0/s1. The first-order chi connectivity index (χ1) is 12.5. The Kier molecular flexibility index (Phi) is 6.40. The summed E-state index contributed by atoms with van der Waals surface area (Å²) >= 11 is 0. The number of amides is 1.